The summed E-state index contributed by atoms with van der Waals surface area (Å²) < 4.78 is 8.09. The zero-order valence-electron chi connectivity index (χ0n) is 29.7. The van der Waals surface area contributed by atoms with Crippen LogP contribution in [0.2, 0.25) is 10.0 Å². The lowest BCUT2D eigenvalue weighted by Gasteiger charge is -2.49. The number of para-hydroxylation sites is 1. The second kappa shape index (κ2) is 12.3. The van der Waals surface area contributed by atoms with Gasteiger partial charge in [-0.25, -0.2) is 4.90 Å². The van der Waals surface area contributed by atoms with Crippen molar-refractivity contribution < 1.29 is 29.0 Å². The molecule has 3 aromatic carbocycles. The molecule has 0 spiro atoms. The van der Waals surface area contributed by atoms with Gasteiger partial charge in [0.25, 0.3) is 0 Å². The van der Waals surface area contributed by atoms with E-state index in [1.165, 1.54) is 16.9 Å². The number of thiophene rings is 1. The molecule has 6 unspecified atom stereocenters. The molecule has 0 bridgehead atoms. The molecule has 4 heterocycles. The minimum atomic E-state index is -1.37. The highest BCUT2D eigenvalue weighted by atomic mass is 35.5. The number of nitrogens with zero attached hydrogens (tertiary/aromatic N) is 4. The van der Waals surface area contributed by atoms with E-state index in [4.69, 9.17) is 33.0 Å². The predicted molar refractivity (Wildman–Crippen MR) is 207 cm³/mol. The number of phenols is 1. The van der Waals surface area contributed by atoms with Crippen LogP contribution in [0.15, 0.2) is 78.4 Å². The van der Waals surface area contributed by atoms with E-state index in [1.54, 1.807) is 78.5 Å². The van der Waals surface area contributed by atoms with Gasteiger partial charge >= 0.3 is 0 Å². The number of hydrogen-bond donors (Lipinski definition) is 1. The standard InChI is InChI=1S/C41H34Cl2N4O6S/c1-19-26-16-21(43)10-15-31(26)54-36(19)29-18-32(45(3)44-29)47-38(50)28-17-27-23(34(41(28,2)40(47)52)25-6-5-7-30(53-4)35(25)48)13-14-24-33(27)39(51)46(37(24)49)22-11-8-20(42)9-12-22/h5-13,15-16,18,24,27-28,33-34,48H,14,17H2,1-4H3. The summed E-state index contributed by atoms with van der Waals surface area (Å²) in [5, 5.41) is 18.5. The molecule has 13 heteroatoms. The molecule has 5 aromatic rings. The molecular formula is C41H34Cl2N4O6S. The Kier molecular flexibility index (Phi) is 7.91. The lowest BCUT2D eigenvalue weighted by molar-refractivity contribution is -0.131. The predicted octanol–water partition coefficient (Wildman–Crippen LogP) is 8.07. The van der Waals surface area contributed by atoms with Gasteiger partial charge in [0, 0.05) is 39.3 Å². The van der Waals surface area contributed by atoms with Crippen molar-refractivity contribution >= 4 is 79.8 Å². The Hall–Kier alpha value is -4.97. The van der Waals surface area contributed by atoms with Gasteiger partial charge in [0.2, 0.25) is 23.6 Å². The molecule has 6 atom stereocenters. The van der Waals surface area contributed by atoms with Crippen molar-refractivity contribution in [2.45, 2.75) is 32.6 Å². The summed E-state index contributed by atoms with van der Waals surface area (Å²) >= 11 is 14.0. The molecule has 2 saturated heterocycles. The number of ether oxygens (including phenoxy) is 1. The zero-order chi connectivity index (χ0) is 38.0. The highest BCUT2D eigenvalue weighted by Crippen LogP contribution is 2.65. The molecule has 1 saturated carbocycles. The number of hydrogen-bond acceptors (Lipinski definition) is 8. The Bertz CT molecular complexity index is 2510. The average Bonchev–Trinajstić information content (AvgIpc) is 3.82. The van der Waals surface area contributed by atoms with Crippen LogP contribution in [0.5, 0.6) is 11.5 Å². The van der Waals surface area contributed by atoms with Crippen LogP contribution in [0.3, 0.4) is 0 Å². The third kappa shape index (κ3) is 4.74. The van der Waals surface area contributed by atoms with Crippen LogP contribution in [0.25, 0.3) is 20.7 Å². The lowest BCUT2D eigenvalue weighted by Crippen LogP contribution is -2.49. The summed E-state index contributed by atoms with van der Waals surface area (Å²) in [5.74, 6) is -4.80. The van der Waals surface area contributed by atoms with Gasteiger partial charge in [0.15, 0.2) is 11.5 Å². The fraction of sp³-hybridized carbons (Fsp3) is 0.293. The SMILES string of the molecule is COc1cccc(C2C3=CCC4C(=O)N(c5ccc(Cl)cc5)C(=O)C4C3CC3C(=O)N(c4cc(-c5sc6ccc(Cl)cc6c5C)nn4C)C(=O)C32C)c1O. The Balaban J connectivity index is 1.17. The molecule has 2 aliphatic carbocycles. The summed E-state index contributed by atoms with van der Waals surface area (Å²) in [6.07, 6.45) is 2.39. The van der Waals surface area contributed by atoms with Crippen LogP contribution in [0.4, 0.5) is 11.5 Å². The number of amides is 4. The van der Waals surface area contributed by atoms with Crippen LogP contribution < -0.4 is 14.5 Å². The molecular weight excluding hydrogens is 747 g/mol. The van der Waals surface area contributed by atoms with Crippen molar-refractivity contribution in [3.8, 4) is 22.1 Å². The molecule has 1 N–H and O–H groups in total. The van der Waals surface area contributed by atoms with Gasteiger partial charge in [-0.05, 0) is 92.1 Å². The third-order valence-electron chi connectivity index (χ3n) is 12.1. The van der Waals surface area contributed by atoms with Crippen molar-refractivity contribution in [3.05, 3.63) is 99.6 Å². The number of carbonyl (C=O) groups excluding carboxylic acids is 4. The van der Waals surface area contributed by atoms with E-state index in [2.05, 4.69) is 0 Å². The average molecular weight is 782 g/mol. The van der Waals surface area contributed by atoms with Crippen LogP contribution in [0, 0.1) is 36.0 Å². The summed E-state index contributed by atoms with van der Waals surface area (Å²) in [4.78, 5) is 61.7. The first-order valence-electron chi connectivity index (χ1n) is 17.7. The van der Waals surface area contributed by atoms with Crippen LogP contribution in [0.1, 0.15) is 36.8 Å². The maximum absolute atomic E-state index is 15.1. The Morgan fingerprint density at radius 3 is 2.41 bits per heavy atom. The van der Waals surface area contributed by atoms with E-state index in [1.807, 2.05) is 31.2 Å². The fourth-order valence-electron chi connectivity index (χ4n) is 9.57. The van der Waals surface area contributed by atoms with E-state index >= 15 is 4.79 Å². The first-order chi connectivity index (χ1) is 25.8. The summed E-state index contributed by atoms with van der Waals surface area (Å²) in [6.45, 7) is 3.78. The minimum Gasteiger partial charge on any atom is -0.504 e. The minimum absolute atomic E-state index is 0.146. The number of fused-ring (bicyclic) bond motifs is 5. The van der Waals surface area contributed by atoms with E-state index in [-0.39, 0.29) is 36.2 Å². The normalized spacial score (nSPS) is 26.3. The third-order valence-corrected chi connectivity index (χ3v) is 13.9. The number of imide groups is 2. The molecule has 4 aliphatic rings. The lowest BCUT2D eigenvalue weighted by atomic mass is 9.51. The van der Waals surface area contributed by atoms with Crippen LogP contribution in [-0.2, 0) is 26.2 Å². The van der Waals surface area contributed by atoms with Gasteiger partial charge in [-0.2, -0.15) is 5.10 Å². The number of carbonyl (C=O) groups is 4. The van der Waals surface area contributed by atoms with Crippen molar-refractivity contribution in [2.75, 3.05) is 16.9 Å². The highest BCUT2D eigenvalue weighted by Gasteiger charge is 2.68. The van der Waals surface area contributed by atoms with Gasteiger partial charge < -0.3 is 9.84 Å². The molecule has 3 fully saturated rings. The second-order valence-corrected chi connectivity index (χ2v) is 16.7. The number of methoxy groups -OCH3 is 1. The van der Waals surface area contributed by atoms with E-state index in [0.717, 1.165) is 26.1 Å². The molecule has 10 nitrogen and oxygen atoms in total. The Labute approximate surface area is 324 Å². The maximum atomic E-state index is 15.1. The van der Waals surface area contributed by atoms with E-state index in [0.29, 0.717) is 32.8 Å². The fourth-order valence-corrected chi connectivity index (χ4v) is 11.0. The zero-order valence-corrected chi connectivity index (χ0v) is 32.0. The quantitative estimate of drug-likeness (QED) is 0.141. The topological polar surface area (TPSA) is 122 Å². The maximum Gasteiger partial charge on any atom is 0.242 e. The van der Waals surface area contributed by atoms with Crippen molar-refractivity contribution in [1.82, 2.24) is 9.78 Å². The van der Waals surface area contributed by atoms with E-state index in [9.17, 15) is 19.5 Å². The van der Waals surface area contributed by atoms with Crippen LogP contribution >= 0.6 is 34.5 Å². The molecule has 274 valence electrons. The first kappa shape index (κ1) is 34.8. The molecule has 0 radical (unpaired) electrons. The number of aromatic nitrogens is 2. The number of allylic oxidation sites excluding steroid dienone is 2. The van der Waals surface area contributed by atoms with Gasteiger partial charge in [0.05, 0.1) is 40.8 Å². The van der Waals surface area contributed by atoms with E-state index < -0.39 is 46.8 Å². The molecule has 9 rings (SSSR count). The van der Waals surface area contributed by atoms with Gasteiger partial charge in [-0.15, -0.1) is 11.3 Å². The number of benzene rings is 3. The summed E-state index contributed by atoms with van der Waals surface area (Å²) in [5.41, 5.74) is 1.83. The number of aromatic hydroxyl groups is 1. The van der Waals surface area contributed by atoms with Crippen molar-refractivity contribution in [1.29, 1.82) is 0 Å². The van der Waals surface area contributed by atoms with Crippen molar-refractivity contribution in [3.63, 3.8) is 0 Å². The van der Waals surface area contributed by atoms with Crippen LogP contribution in [-0.4, -0.2) is 45.6 Å². The number of phenolic OH excluding ortho intramolecular Hbond substituents is 1. The highest BCUT2D eigenvalue weighted by molar-refractivity contribution is 7.22. The summed E-state index contributed by atoms with van der Waals surface area (Å²) in [7, 11) is 3.15. The number of anilines is 2. The molecule has 2 aliphatic heterocycles. The molecule has 54 heavy (non-hydrogen) atoms. The number of rotatable bonds is 5. The van der Waals surface area contributed by atoms with Gasteiger partial charge in [-0.3, -0.25) is 28.8 Å². The second-order valence-electron chi connectivity index (χ2n) is 14.8. The first-order valence-corrected chi connectivity index (χ1v) is 19.2. The number of halogens is 2. The van der Waals surface area contributed by atoms with Gasteiger partial charge in [0.1, 0.15) is 11.5 Å². The molecule has 4 amide bonds. The molecule has 2 aromatic heterocycles. The van der Waals surface area contributed by atoms with Gasteiger partial charge in [-0.1, -0.05) is 47.0 Å². The van der Waals surface area contributed by atoms with Crippen molar-refractivity contribution in [2.24, 2.45) is 36.1 Å². The largest absolute Gasteiger partial charge is 0.504 e. The Morgan fingerprint density at radius 1 is 0.926 bits per heavy atom. The Morgan fingerprint density at radius 2 is 1.67 bits per heavy atom. The number of aryl methyl sites for hydroxylation is 2. The summed E-state index contributed by atoms with van der Waals surface area (Å²) in [6, 6.07) is 19.1. The smallest absolute Gasteiger partial charge is 0.242 e. The monoisotopic (exact) mass is 780 g/mol.